The van der Waals surface area contributed by atoms with Crippen LogP contribution in [0.4, 0.5) is 24.5 Å². The number of nitro groups is 1. The number of nitro benzene ring substituents is 1. The van der Waals surface area contributed by atoms with Crippen LogP contribution >= 0.6 is 0 Å². The van der Waals surface area contributed by atoms with Crippen molar-refractivity contribution < 1.29 is 32.4 Å². The summed E-state index contributed by atoms with van der Waals surface area (Å²) in [5, 5.41) is 13.1. The van der Waals surface area contributed by atoms with Crippen LogP contribution in [0.15, 0.2) is 42.5 Å². The second-order valence-corrected chi connectivity index (χ2v) is 6.29. The fraction of sp³-hybridized carbons (Fsp3) is 0.263. The highest BCUT2D eigenvalue weighted by atomic mass is 19.4. The monoisotopic (exact) mass is 425 g/mol. The Balaban J connectivity index is 1.96. The number of carbonyl (C=O) groups is 2. The maximum atomic E-state index is 13.0. The lowest BCUT2D eigenvalue weighted by Gasteiger charge is -2.19. The van der Waals surface area contributed by atoms with Gasteiger partial charge in [0, 0.05) is 13.1 Å². The van der Waals surface area contributed by atoms with Crippen molar-refractivity contribution >= 4 is 23.2 Å². The van der Waals surface area contributed by atoms with Crippen LogP contribution in [0, 0.1) is 17.0 Å². The summed E-state index contributed by atoms with van der Waals surface area (Å²) in [5.74, 6) is -1.33. The molecule has 1 N–H and O–H groups in total. The predicted molar refractivity (Wildman–Crippen MR) is 101 cm³/mol. The average molecular weight is 425 g/mol. The van der Waals surface area contributed by atoms with E-state index in [2.05, 4.69) is 5.32 Å². The van der Waals surface area contributed by atoms with Crippen LogP contribution in [0.3, 0.4) is 0 Å². The number of nitrogens with zero attached hydrogens (tertiary/aromatic N) is 2. The molecule has 0 aliphatic heterocycles. The lowest BCUT2D eigenvalue weighted by molar-refractivity contribution is -0.385. The van der Waals surface area contributed by atoms with Gasteiger partial charge in [0.05, 0.1) is 28.3 Å². The van der Waals surface area contributed by atoms with Crippen LogP contribution in [0.25, 0.3) is 0 Å². The molecule has 0 aliphatic rings. The molecule has 0 fully saturated rings. The van der Waals surface area contributed by atoms with Gasteiger partial charge in [0.2, 0.25) is 5.91 Å². The van der Waals surface area contributed by atoms with Gasteiger partial charge in [-0.1, -0.05) is 18.2 Å². The molecular weight excluding hydrogens is 407 g/mol. The van der Waals surface area contributed by atoms with Crippen LogP contribution in [0.5, 0.6) is 5.75 Å². The lowest BCUT2D eigenvalue weighted by Crippen LogP contribution is -2.37. The van der Waals surface area contributed by atoms with E-state index in [4.69, 9.17) is 4.74 Å². The average Bonchev–Trinajstić information content (AvgIpc) is 2.66. The molecule has 0 spiro atoms. The zero-order valence-electron chi connectivity index (χ0n) is 16.0. The van der Waals surface area contributed by atoms with Crippen molar-refractivity contribution in [2.24, 2.45) is 0 Å². The zero-order valence-corrected chi connectivity index (χ0v) is 16.0. The van der Waals surface area contributed by atoms with Gasteiger partial charge in [-0.2, -0.15) is 13.2 Å². The lowest BCUT2D eigenvalue weighted by atomic mass is 10.1. The number of ether oxygens (including phenoxy) is 1. The molecule has 0 heterocycles. The molecule has 30 heavy (non-hydrogen) atoms. The standard InChI is InChI=1S/C19H18F3N3O5/c1-12-15(25(28)29)8-5-9-16(12)30-11-18(27)24(2)10-17(26)23-14-7-4-3-6-13(14)19(20,21)22/h3-9H,10-11H2,1-2H3,(H,23,26). The van der Waals surface area contributed by atoms with Crippen LogP contribution in [-0.4, -0.2) is 41.8 Å². The highest BCUT2D eigenvalue weighted by Gasteiger charge is 2.33. The fourth-order valence-corrected chi connectivity index (χ4v) is 2.54. The summed E-state index contributed by atoms with van der Waals surface area (Å²) in [6.45, 7) is 0.445. The molecular formula is C19H18F3N3O5. The minimum Gasteiger partial charge on any atom is -0.483 e. The molecule has 0 bridgehead atoms. The van der Waals surface area contributed by atoms with E-state index in [1.165, 1.54) is 44.3 Å². The Morgan fingerprint density at radius 3 is 2.47 bits per heavy atom. The largest absolute Gasteiger partial charge is 0.483 e. The Bertz CT molecular complexity index is 963. The van der Waals surface area contributed by atoms with Gasteiger partial charge < -0.3 is 15.0 Å². The van der Waals surface area contributed by atoms with E-state index in [0.717, 1.165) is 17.0 Å². The maximum Gasteiger partial charge on any atom is 0.418 e. The minimum atomic E-state index is -4.64. The Hall–Kier alpha value is -3.63. The minimum absolute atomic E-state index is 0.134. The second kappa shape index (κ2) is 9.25. The van der Waals surface area contributed by atoms with E-state index in [1.54, 1.807) is 0 Å². The number of rotatable bonds is 7. The summed E-state index contributed by atoms with van der Waals surface area (Å²) in [4.78, 5) is 35.6. The number of likely N-dealkylation sites (N-methyl/N-ethyl adjacent to an activating group) is 1. The van der Waals surface area contributed by atoms with Crippen molar-refractivity contribution in [1.29, 1.82) is 0 Å². The molecule has 160 valence electrons. The Morgan fingerprint density at radius 1 is 1.17 bits per heavy atom. The van der Waals surface area contributed by atoms with Gasteiger partial charge in [-0.25, -0.2) is 0 Å². The number of nitrogens with one attached hydrogen (secondary N) is 1. The summed E-state index contributed by atoms with van der Waals surface area (Å²) in [6.07, 6.45) is -4.64. The number of anilines is 1. The first kappa shape index (κ1) is 22.7. The van der Waals surface area contributed by atoms with Crippen molar-refractivity contribution in [2.45, 2.75) is 13.1 Å². The maximum absolute atomic E-state index is 13.0. The van der Waals surface area contributed by atoms with Gasteiger partial charge in [-0.05, 0) is 25.1 Å². The third-order valence-corrected chi connectivity index (χ3v) is 4.12. The van der Waals surface area contributed by atoms with Gasteiger partial charge in [0.15, 0.2) is 6.61 Å². The van der Waals surface area contributed by atoms with Crippen LogP contribution < -0.4 is 10.1 Å². The van der Waals surface area contributed by atoms with Crippen molar-refractivity contribution in [3.8, 4) is 5.75 Å². The van der Waals surface area contributed by atoms with Gasteiger partial charge in [-0.3, -0.25) is 19.7 Å². The molecule has 8 nitrogen and oxygen atoms in total. The summed E-state index contributed by atoms with van der Waals surface area (Å²) < 4.78 is 44.3. The molecule has 11 heteroatoms. The number of carbonyl (C=O) groups excluding carboxylic acids is 2. The summed E-state index contributed by atoms with van der Waals surface area (Å²) >= 11 is 0. The molecule has 2 aromatic carbocycles. The first-order valence-electron chi connectivity index (χ1n) is 8.57. The normalized spacial score (nSPS) is 11.0. The van der Waals surface area contributed by atoms with Crippen molar-refractivity contribution in [1.82, 2.24) is 4.90 Å². The first-order chi connectivity index (χ1) is 14.0. The van der Waals surface area contributed by atoms with Gasteiger partial charge in [0.1, 0.15) is 5.75 Å². The summed E-state index contributed by atoms with van der Waals surface area (Å²) in [6, 6.07) is 8.63. The number of alkyl halides is 3. The van der Waals surface area contributed by atoms with E-state index in [-0.39, 0.29) is 17.0 Å². The molecule has 0 atom stereocenters. The number of hydrogen-bond acceptors (Lipinski definition) is 5. The number of halogens is 3. The van der Waals surface area contributed by atoms with Crippen molar-refractivity contribution in [3.63, 3.8) is 0 Å². The second-order valence-electron chi connectivity index (χ2n) is 6.29. The molecule has 0 saturated heterocycles. The third-order valence-electron chi connectivity index (χ3n) is 4.12. The smallest absolute Gasteiger partial charge is 0.418 e. The molecule has 0 saturated carbocycles. The molecule has 0 radical (unpaired) electrons. The number of benzene rings is 2. The van der Waals surface area contributed by atoms with Crippen molar-refractivity contribution in [3.05, 3.63) is 63.7 Å². The Morgan fingerprint density at radius 2 is 1.83 bits per heavy atom. The predicted octanol–water partition coefficient (Wildman–Crippen LogP) is 3.40. The zero-order chi connectivity index (χ0) is 22.5. The van der Waals surface area contributed by atoms with Gasteiger partial charge in [-0.15, -0.1) is 0 Å². The molecule has 2 aromatic rings. The number of amides is 2. The summed E-state index contributed by atoms with van der Waals surface area (Å²) in [5.41, 5.74) is -1.36. The topological polar surface area (TPSA) is 102 Å². The van der Waals surface area contributed by atoms with Gasteiger partial charge in [0.25, 0.3) is 11.6 Å². The number of para-hydroxylation sites is 1. The van der Waals surface area contributed by atoms with Crippen LogP contribution in [0.2, 0.25) is 0 Å². The van der Waals surface area contributed by atoms with E-state index in [9.17, 15) is 32.9 Å². The van der Waals surface area contributed by atoms with Gasteiger partial charge >= 0.3 is 6.18 Å². The molecule has 0 aliphatic carbocycles. The van der Waals surface area contributed by atoms with Crippen LogP contribution in [0.1, 0.15) is 11.1 Å². The van der Waals surface area contributed by atoms with E-state index in [0.29, 0.717) is 0 Å². The molecule has 2 rings (SSSR count). The first-order valence-corrected chi connectivity index (χ1v) is 8.57. The SMILES string of the molecule is Cc1c(OCC(=O)N(C)CC(=O)Nc2ccccc2C(F)(F)F)cccc1[N+](=O)[O-]. The molecule has 2 amide bonds. The fourth-order valence-electron chi connectivity index (χ4n) is 2.54. The van der Waals surface area contributed by atoms with Crippen LogP contribution in [-0.2, 0) is 15.8 Å². The Labute approximate surface area is 169 Å². The van der Waals surface area contributed by atoms with E-state index >= 15 is 0 Å². The van der Waals surface area contributed by atoms with Crippen molar-refractivity contribution in [2.75, 3.05) is 25.5 Å². The number of hydrogen-bond donors (Lipinski definition) is 1. The third kappa shape index (κ3) is 5.69. The quantitative estimate of drug-likeness (QED) is 0.541. The highest BCUT2D eigenvalue weighted by Crippen LogP contribution is 2.34. The van der Waals surface area contributed by atoms with E-state index < -0.39 is 47.3 Å². The Kier molecular flexibility index (Phi) is 6.98. The highest BCUT2D eigenvalue weighted by molar-refractivity contribution is 5.95. The summed E-state index contributed by atoms with van der Waals surface area (Å²) in [7, 11) is 1.28. The molecule has 0 aromatic heterocycles. The molecule has 0 unspecified atom stereocenters. The van der Waals surface area contributed by atoms with E-state index in [1.807, 2.05) is 0 Å².